The molecule has 2 heterocycles. The number of pyridine rings is 1. The number of aryl methyl sites for hydroxylation is 1. The van der Waals surface area contributed by atoms with E-state index in [1.54, 1.807) is 20.2 Å². The minimum atomic E-state index is -0.339. The van der Waals surface area contributed by atoms with Crippen molar-refractivity contribution in [3.05, 3.63) is 38.9 Å². The van der Waals surface area contributed by atoms with Crippen LogP contribution in [0, 0.1) is 6.92 Å². The summed E-state index contributed by atoms with van der Waals surface area (Å²) in [6.45, 7) is 5.08. The third-order valence-electron chi connectivity index (χ3n) is 2.78. The fourth-order valence-corrected chi connectivity index (χ4v) is 3.12. The molecule has 0 radical (unpaired) electrons. The van der Waals surface area contributed by atoms with Crippen molar-refractivity contribution in [3.8, 4) is 0 Å². The Morgan fingerprint density at radius 3 is 2.72 bits per heavy atom. The lowest BCUT2D eigenvalue weighted by molar-refractivity contribution is 0.514. The Morgan fingerprint density at radius 2 is 2.22 bits per heavy atom. The van der Waals surface area contributed by atoms with Gasteiger partial charge >= 0.3 is 0 Å². The predicted molar refractivity (Wildman–Crippen MR) is 75.4 cm³/mol. The maximum absolute atomic E-state index is 13.0. The van der Waals surface area contributed by atoms with E-state index < -0.39 is 0 Å². The van der Waals surface area contributed by atoms with Gasteiger partial charge in [-0.25, -0.2) is 0 Å². The van der Waals surface area contributed by atoms with Gasteiger partial charge in [-0.15, -0.1) is 3.89 Å². The lowest BCUT2D eigenvalue weighted by atomic mass is 10.1. The molecule has 0 bridgehead atoms. The second kappa shape index (κ2) is 4.47. The maximum Gasteiger partial charge on any atom is 0.275 e. The lowest BCUT2D eigenvalue weighted by Gasteiger charge is -2.03. The van der Waals surface area contributed by atoms with Crippen molar-refractivity contribution in [3.63, 3.8) is 0 Å². The summed E-state index contributed by atoms with van der Waals surface area (Å²) < 4.78 is 16.1. The average Bonchev–Trinajstić information content (AvgIpc) is 2.59. The molecule has 4 nitrogen and oxygen atoms in total. The number of fused-ring (bicyclic) bond motifs is 1. The van der Waals surface area contributed by atoms with Crippen molar-refractivity contribution in [2.75, 3.05) is 0 Å². The number of hydrogen-bond donors (Lipinski definition) is 1. The fraction of sp³-hybridized carbons (Fsp3) is 0.182. The van der Waals surface area contributed by atoms with E-state index in [0.29, 0.717) is 21.1 Å². The van der Waals surface area contributed by atoms with Crippen LogP contribution in [0.3, 0.4) is 0 Å². The molecule has 0 saturated heterocycles. The van der Waals surface area contributed by atoms with Crippen LogP contribution in [0.1, 0.15) is 11.3 Å². The highest BCUT2D eigenvalue weighted by molar-refractivity contribution is 9.10. The number of nitrogens with zero attached hydrogens (tertiary/aromatic N) is 2. The second-order valence-electron chi connectivity index (χ2n) is 3.89. The molecule has 18 heavy (non-hydrogen) atoms. The van der Waals surface area contributed by atoms with Crippen molar-refractivity contribution in [2.45, 2.75) is 6.92 Å². The van der Waals surface area contributed by atoms with Crippen molar-refractivity contribution < 1.29 is 8.99 Å². The molecule has 0 unspecified atom stereocenters. The summed E-state index contributed by atoms with van der Waals surface area (Å²) in [5.41, 5.74) is 0.657. The summed E-state index contributed by atoms with van der Waals surface area (Å²) in [5.74, 6) is -0.195. The van der Waals surface area contributed by atoms with Crippen LogP contribution >= 0.6 is 28.3 Å². The van der Waals surface area contributed by atoms with Crippen molar-refractivity contribution in [1.29, 1.82) is 0 Å². The van der Waals surface area contributed by atoms with E-state index in [4.69, 9.17) is 0 Å². The monoisotopic (exact) mass is 332 g/mol. The third kappa shape index (κ3) is 1.69. The molecule has 7 heteroatoms. The molecule has 96 valence electrons. The molecule has 2 aromatic heterocycles. The molecule has 0 aliphatic heterocycles. The Labute approximate surface area is 115 Å². The molecule has 0 aliphatic carbocycles. The maximum atomic E-state index is 13.0. The van der Waals surface area contributed by atoms with E-state index in [2.05, 4.69) is 22.5 Å². The Balaban J connectivity index is 3.15. The Kier molecular flexibility index (Phi) is 3.29. The smallest absolute Gasteiger partial charge is 0.275 e. The van der Waals surface area contributed by atoms with Gasteiger partial charge in [0.05, 0.1) is 0 Å². The molecule has 0 aliphatic rings. The third-order valence-corrected chi connectivity index (χ3v) is 3.98. The van der Waals surface area contributed by atoms with Crippen LogP contribution in [0.2, 0.25) is 0 Å². The molecule has 0 fully saturated rings. The summed E-state index contributed by atoms with van der Waals surface area (Å²) in [5, 5.41) is 10.1. The lowest BCUT2D eigenvalue weighted by Crippen LogP contribution is -2.17. The van der Waals surface area contributed by atoms with Gasteiger partial charge < -0.3 is 9.67 Å². The zero-order chi connectivity index (χ0) is 13.6. The van der Waals surface area contributed by atoms with E-state index in [9.17, 15) is 13.8 Å². The zero-order valence-electron chi connectivity index (χ0n) is 9.70. The molecular formula is C11H10BrFN2O2S. The molecule has 1 N–H and O–H groups in total. The standard InChI is InChI=1S/C11H10BrFN2O2S/c1-5-8(6(2)16)9-7(12)4-14(3)11(17)10(9)15(5)18-13/h4,16H,2H2,1,3H3. The second-order valence-corrected chi connectivity index (χ2v) is 5.24. The number of aromatic nitrogens is 2. The minimum absolute atomic E-state index is 0.0750. The summed E-state index contributed by atoms with van der Waals surface area (Å²) >= 11 is 3.25. The quantitative estimate of drug-likeness (QED) is 0.858. The topological polar surface area (TPSA) is 47.2 Å². The number of aliphatic hydroxyl groups excluding tert-OH is 1. The summed E-state index contributed by atoms with van der Waals surface area (Å²) in [7, 11) is 1.58. The van der Waals surface area contributed by atoms with Gasteiger partial charge in [0.15, 0.2) is 12.3 Å². The molecule has 0 spiro atoms. The largest absolute Gasteiger partial charge is 0.508 e. The van der Waals surface area contributed by atoms with Crippen molar-refractivity contribution in [2.24, 2.45) is 7.05 Å². The fourth-order valence-electron chi connectivity index (χ4n) is 2.00. The Morgan fingerprint density at radius 1 is 1.61 bits per heavy atom. The first kappa shape index (κ1) is 13.2. The van der Waals surface area contributed by atoms with Gasteiger partial charge in [-0.3, -0.25) is 8.77 Å². The van der Waals surface area contributed by atoms with Gasteiger partial charge in [0, 0.05) is 34.4 Å². The van der Waals surface area contributed by atoms with Crippen LogP contribution in [0.4, 0.5) is 3.89 Å². The first-order valence-corrected chi connectivity index (χ1v) is 6.44. The zero-order valence-corrected chi connectivity index (χ0v) is 12.1. The SMILES string of the molecule is C=C(O)c1c(C)n(SF)c2c(=O)n(C)cc(Br)c12. The normalized spacial score (nSPS) is 11.1. The van der Waals surface area contributed by atoms with E-state index in [1.165, 1.54) is 4.57 Å². The van der Waals surface area contributed by atoms with Gasteiger partial charge in [0.2, 0.25) is 0 Å². The summed E-state index contributed by atoms with van der Waals surface area (Å²) in [6.07, 6.45) is 1.57. The molecule has 0 aromatic carbocycles. The number of hydrogen-bond acceptors (Lipinski definition) is 3. The number of rotatable bonds is 2. The highest BCUT2D eigenvalue weighted by Gasteiger charge is 2.22. The van der Waals surface area contributed by atoms with Crippen LogP contribution in [-0.4, -0.2) is 13.6 Å². The van der Waals surface area contributed by atoms with E-state index in [1.807, 2.05) is 0 Å². The minimum Gasteiger partial charge on any atom is -0.508 e. The van der Waals surface area contributed by atoms with Gasteiger partial charge in [-0.2, -0.15) is 0 Å². The molecule has 0 amide bonds. The molecule has 2 rings (SSSR count). The van der Waals surface area contributed by atoms with E-state index in [-0.39, 0.29) is 29.2 Å². The van der Waals surface area contributed by atoms with Crippen molar-refractivity contribution >= 4 is 44.9 Å². The predicted octanol–water partition coefficient (Wildman–Crippen LogP) is 3.32. The number of halogens is 2. The molecule has 0 saturated carbocycles. The summed E-state index contributed by atoms with van der Waals surface area (Å²) in [6, 6.07) is 0. The van der Waals surface area contributed by atoms with Crippen LogP contribution in [0.25, 0.3) is 16.7 Å². The van der Waals surface area contributed by atoms with Crippen molar-refractivity contribution in [1.82, 2.24) is 8.54 Å². The van der Waals surface area contributed by atoms with Crippen LogP contribution in [0.15, 0.2) is 22.0 Å². The Bertz CT molecular complexity index is 720. The first-order valence-electron chi connectivity index (χ1n) is 4.97. The van der Waals surface area contributed by atoms with Gasteiger partial charge in [-0.05, 0) is 22.9 Å². The van der Waals surface area contributed by atoms with Crippen LogP contribution < -0.4 is 5.56 Å². The molecular weight excluding hydrogens is 323 g/mol. The van der Waals surface area contributed by atoms with E-state index in [0.717, 1.165) is 3.97 Å². The highest BCUT2D eigenvalue weighted by Crippen LogP contribution is 2.35. The van der Waals surface area contributed by atoms with Gasteiger partial charge in [0.1, 0.15) is 11.3 Å². The average molecular weight is 333 g/mol. The number of aliphatic hydroxyl groups is 1. The van der Waals surface area contributed by atoms with Gasteiger partial charge in [0.25, 0.3) is 5.56 Å². The van der Waals surface area contributed by atoms with Crippen LogP contribution in [0.5, 0.6) is 0 Å². The van der Waals surface area contributed by atoms with E-state index >= 15 is 0 Å². The summed E-state index contributed by atoms with van der Waals surface area (Å²) in [4.78, 5) is 12.1. The first-order chi connectivity index (χ1) is 8.40. The Hall–Kier alpha value is -1.21. The highest BCUT2D eigenvalue weighted by atomic mass is 79.9. The van der Waals surface area contributed by atoms with Gasteiger partial charge in [-0.1, -0.05) is 6.58 Å². The molecule has 2 aromatic rings. The molecule has 0 atom stereocenters. The van der Waals surface area contributed by atoms with Crippen LogP contribution in [-0.2, 0) is 7.05 Å².